The lowest BCUT2D eigenvalue weighted by molar-refractivity contribution is -0.122. The lowest BCUT2D eigenvalue weighted by atomic mass is 9.72. The number of carboxylic acids is 1. The van der Waals surface area contributed by atoms with Crippen LogP contribution in [0.25, 0.3) is 0 Å². The van der Waals surface area contributed by atoms with Crippen molar-refractivity contribution in [2.45, 2.75) is 56.9 Å². The average Bonchev–Trinajstić information content (AvgIpc) is 2.77. The van der Waals surface area contributed by atoms with E-state index in [0.717, 1.165) is 32.2 Å². The number of fused-ring (bicyclic) bond motifs is 1. The minimum atomic E-state index is -1.29. The smallest absolute Gasteiger partial charge is 0.534 e. The van der Waals surface area contributed by atoms with Crippen LogP contribution in [0.15, 0.2) is 18.2 Å². The maximum Gasteiger partial charge on any atom is 0.547 e. The summed E-state index contributed by atoms with van der Waals surface area (Å²) in [5.74, 6) is -1.42. The lowest BCUT2D eigenvalue weighted by Crippen LogP contribution is -2.53. The highest BCUT2D eigenvalue weighted by molar-refractivity contribution is 6.47. The summed E-state index contributed by atoms with van der Waals surface area (Å²) in [6.07, 6.45) is 3.58. The molecule has 0 radical (unpaired) electrons. The molecular formula is C21H32BN3O7. The molecule has 2 aliphatic rings. The van der Waals surface area contributed by atoms with Gasteiger partial charge in [0.15, 0.2) is 0 Å². The van der Waals surface area contributed by atoms with Crippen molar-refractivity contribution >= 4 is 19.0 Å². The molecule has 1 heterocycles. The molecule has 1 aromatic carbocycles. The predicted molar refractivity (Wildman–Crippen MR) is 117 cm³/mol. The molecule has 1 fully saturated rings. The van der Waals surface area contributed by atoms with E-state index in [4.69, 9.17) is 9.39 Å². The Labute approximate surface area is 187 Å². The van der Waals surface area contributed by atoms with E-state index < -0.39 is 25.4 Å². The molecular weight excluding hydrogens is 417 g/mol. The largest absolute Gasteiger partial charge is 0.547 e. The third kappa shape index (κ3) is 6.66. The van der Waals surface area contributed by atoms with E-state index in [0.29, 0.717) is 31.0 Å². The molecule has 1 aliphatic heterocycles. The van der Waals surface area contributed by atoms with Gasteiger partial charge in [-0.25, -0.2) is 4.79 Å². The Morgan fingerprint density at radius 1 is 1.25 bits per heavy atom. The van der Waals surface area contributed by atoms with Gasteiger partial charge in [-0.1, -0.05) is 12.1 Å². The quantitative estimate of drug-likeness (QED) is 0.163. The number of carbonyl (C=O) groups excluding carboxylic acids is 1. The Kier molecular flexibility index (Phi) is 8.88. The van der Waals surface area contributed by atoms with Crippen LogP contribution in [-0.2, 0) is 16.0 Å². The number of carboxylic acid groups (broad SMARTS) is 1. The summed E-state index contributed by atoms with van der Waals surface area (Å²) in [4.78, 5) is 23.9. The maximum absolute atomic E-state index is 12.6. The molecule has 0 spiro atoms. The molecule has 1 amide bonds. The number of hydrogen-bond acceptors (Lipinski definition) is 8. The second kappa shape index (κ2) is 11.6. The average molecular weight is 449 g/mol. The number of para-hydroxylation sites is 1. The van der Waals surface area contributed by atoms with Gasteiger partial charge >= 0.3 is 13.1 Å². The van der Waals surface area contributed by atoms with Crippen LogP contribution in [0.4, 0.5) is 0 Å². The fourth-order valence-electron chi connectivity index (χ4n) is 4.37. The van der Waals surface area contributed by atoms with Crippen molar-refractivity contribution in [1.82, 2.24) is 16.0 Å². The van der Waals surface area contributed by atoms with Gasteiger partial charge in [-0.15, -0.1) is 0 Å². The number of aliphatic hydroxyl groups is 1. The van der Waals surface area contributed by atoms with E-state index in [2.05, 4.69) is 16.0 Å². The molecule has 10 nitrogen and oxygen atoms in total. The van der Waals surface area contributed by atoms with E-state index in [-0.39, 0.29) is 23.1 Å². The highest BCUT2D eigenvalue weighted by Crippen LogP contribution is 2.31. The second-order valence-electron chi connectivity index (χ2n) is 8.40. The number of nitrogens with one attached hydrogen (secondary N) is 3. The van der Waals surface area contributed by atoms with Crippen LogP contribution in [0.5, 0.6) is 5.75 Å². The molecule has 0 bridgehead atoms. The van der Waals surface area contributed by atoms with Gasteiger partial charge in [-0.2, -0.15) is 0 Å². The van der Waals surface area contributed by atoms with Crippen LogP contribution >= 0.6 is 0 Å². The van der Waals surface area contributed by atoms with Crippen LogP contribution in [0, 0.1) is 5.92 Å². The Morgan fingerprint density at radius 2 is 2.00 bits per heavy atom. The molecule has 3 rings (SSSR count). The molecule has 0 aromatic heterocycles. The van der Waals surface area contributed by atoms with Crippen molar-refractivity contribution in [1.29, 1.82) is 0 Å². The molecule has 6 N–H and O–H groups in total. The van der Waals surface area contributed by atoms with Crippen LogP contribution in [0.2, 0.25) is 0 Å². The van der Waals surface area contributed by atoms with Gasteiger partial charge in [-0.05, 0) is 49.7 Å². The Bertz CT molecular complexity index is 789. The SMILES string of the molecule is COC(O)NCCNC1CCC(CC(=O)N[C@H]2Cc3cccc(C(=O)O)c3OB2O)CC1. The summed E-state index contributed by atoms with van der Waals surface area (Å²) in [7, 11) is 0.135. The first-order valence-corrected chi connectivity index (χ1v) is 11.0. The molecule has 2 atom stereocenters. The first-order chi connectivity index (χ1) is 15.4. The minimum Gasteiger partial charge on any atom is -0.534 e. The summed E-state index contributed by atoms with van der Waals surface area (Å²) >= 11 is 0. The molecule has 1 aliphatic carbocycles. The van der Waals surface area contributed by atoms with E-state index in [1.807, 2.05) is 0 Å². The number of rotatable bonds is 10. The number of carbonyl (C=O) groups is 2. The summed E-state index contributed by atoms with van der Waals surface area (Å²) < 4.78 is 10.2. The van der Waals surface area contributed by atoms with Crippen molar-refractivity contribution in [3.8, 4) is 5.75 Å². The fraction of sp³-hybridized carbons (Fsp3) is 0.619. The Morgan fingerprint density at radius 3 is 2.69 bits per heavy atom. The number of aromatic carboxylic acids is 1. The van der Waals surface area contributed by atoms with Gasteiger partial charge in [0.1, 0.15) is 5.75 Å². The van der Waals surface area contributed by atoms with Crippen molar-refractivity contribution in [2.24, 2.45) is 5.92 Å². The third-order valence-electron chi connectivity index (χ3n) is 6.12. The van der Waals surface area contributed by atoms with Crippen molar-refractivity contribution in [2.75, 3.05) is 20.2 Å². The summed E-state index contributed by atoms with van der Waals surface area (Å²) in [5, 5.41) is 38.0. The number of benzene rings is 1. The van der Waals surface area contributed by atoms with E-state index >= 15 is 0 Å². The van der Waals surface area contributed by atoms with Crippen molar-refractivity contribution in [3.05, 3.63) is 29.3 Å². The number of ether oxygens (including phenoxy) is 1. The zero-order valence-electron chi connectivity index (χ0n) is 18.3. The zero-order valence-corrected chi connectivity index (χ0v) is 18.3. The van der Waals surface area contributed by atoms with Gasteiger partial charge in [-0.3, -0.25) is 10.1 Å². The minimum absolute atomic E-state index is 0.00218. The summed E-state index contributed by atoms with van der Waals surface area (Å²) in [5.41, 5.74) is 0.655. The summed E-state index contributed by atoms with van der Waals surface area (Å²) in [6.45, 7) is 1.32. The van der Waals surface area contributed by atoms with Crippen LogP contribution < -0.4 is 20.6 Å². The highest BCUT2D eigenvalue weighted by atomic mass is 16.6. The number of amides is 1. The van der Waals surface area contributed by atoms with Gasteiger partial charge in [0.2, 0.25) is 12.3 Å². The number of aliphatic hydroxyl groups excluding tert-OH is 1. The van der Waals surface area contributed by atoms with Crippen LogP contribution in [0.1, 0.15) is 48.0 Å². The second-order valence-corrected chi connectivity index (χ2v) is 8.40. The molecule has 0 saturated heterocycles. The molecule has 11 heteroatoms. The Balaban J connectivity index is 1.40. The van der Waals surface area contributed by atoms with E-state index in [1.54, 1.807) is 12.1 Å². The first kappa shape index (κ1) is 24.5. The molecule has 1 aromatic rings. The van der Waals surface area contributed by atoms with Gasteiger partial charge in [0, 0.05) is 32.7 Å². The molecule has 1 saturated carbocycles. The predicted octanol–water partition coefficient (Wildman–Crippen LogP) is -0.125. The van der Waals surface area contributed by atoms with Gasteiger partial charge in [0.25, 0.3) is 0 Å². The van der Waals surface area contributed by atoms with Gasteiger partial charge < -0.3 is 35.3 Å². The lowest BCUT2D eigenvalue weighted by Gasteiger charge is -2.31. The molecule has 1 unspecified atom stereocenters. The fourth-order valence-corrected chi connectivity index (χ4v) is 4.37. The normalized spacial score (nSPS) is 23.7. The van der Waals surface area contributed by atoms with Gasteiger partial charge in [0.05, 0.1) is 11.5 Å². The highest BCUT2D eigenvalue weighted by Gasteiger charge is 2.38. The van der Waals surface area contributed by atoms with Crippen molar-refractivity contribution < 1.29 is 34.2 Å². The first-order valence-electron chi connectivity index (χ1n) is 11.0. The monoisotopic (exact) mass is 449 g/mol. The molecule has 32 heavy (non-hydrogen) atoms. The van der Waals surface area contributed by atoms with Crippen molar-refractivity contribution in [3.63, 3.8) is 0 Å². The number of hydrogen-bond donors (Lipinski definition) is 6. The van der Waals surface area contributed by atoms with Crippen LogP contribution in [-0.4, -0.2) is 72.8 Å². The summed E-state index contributed by atoms with van der Waals surface area (Å²) in [6, 6.07) is 5.19. The number of methoxy groups -OCH3 is 1. The standard InChI is InChI=1S/C21H32BN3O7/c1-31-21(29)24-10-9-23-15-7-5-13(6-8-15)11-18(26)25-17-12-14-3-2-4-16(20(27)28)19(14)32-22(17)30/h2-4,13,15,17,21,23-24,29-30H,5-12H2,1H3,(H,25,26)(H,27,28)/t13?,15?,17-,21?/m0/s1. The Hall–Kier alpha value is -2.18. The third-order valence-corrected chi connectivity index (χ3v) is 6.12. The molecule has 176 valence electrons. The topological polar surface area (TPSA) is 149 Å². The maximum atomic E-state index is 12.6. The van der Waals surface area contributed by atoms with E-state index in [9.17, 15) is 24.8 Å². The zero-order chi connectivity index (χ0) is 23.1. The van der Waals surface area contributed by atoms with Crippen LogP contribution in [0.3, 0.4) is 0 Å². The van der Waals surface area contributed by atoms with E-state index in [1.165, 1.54) is 13.2 Å².